The number of hydrazone groups is 1. The maximum absolute atomic E-state index is 12.0. The van der Waals surface area contributed by atoms with E-state index in [-0.39, 0.29) is 12.3 Å². The van der Waals surface area contributed by atoms with Gasteiger partial charge in [0.25, 0.3) is 0 Å². The van der Waals surface area contributed by atoms with Crippen molar-refractivity contribution in [2.45, 2.75) is 13.3 Å². The molecule has 2 N–H and O–H groups in total. The van der Waals surface area contributed by atoms with E-state index in [2.05, 4.69) is 20.7 Å². The van der Waals surface area contributed by atoms with Gasteiger partial charge in [-0.25, -0.2) is 15.2 Å². The van der Waals surface area contributed by atoms with Gasteiger partial charge in [-0.3, -0.25) is 5.43 Å². The Hall–Kier alpha value is -2.45. The molecule has 2 rings (SSSR count). The molecule has 20 heavy (non-hydrogen) atoms. The molecule has 0 aromatic heterocycles. The molecule has 0 saturated carbocycles. The largest absolute Gasteiger partial charge is 0.573 e. The summed E-state index contributed by atoms with van der Waals surface area (Å²) < 4.78 is 39.7. The van der Waals surface area contributed by atoms with Gasteiger partial charge in [0.05, 0.1) is 17.9 Å². The summed E-state index contributed by atoms with van der Waals surface area (Å²) in [5, 5.41) is 5.00. The summed E-state index contributed by atoms with van der Waals surface area (Å²) in [6.45, 7) is 2.00. The number of carbonyl (C=O) groups is 1. The molecule has 0 fully saturated rings. The number of halogens is 3. The van der Waals surface area contributed by atoms with E-state index in [1.165, 1.54) is 17.1 Å². The van der Waals surface area contributed by atoms with Crippen LogP contribution in [0.25, 0.3) is 0 Å². The Morgan fingerprint density at radius 1 is 1.35 bits per heavy atom. The average Bonchev–Trinajstić information content (AvgIpc) is 2.34. The molecule has 1 aliphatic rings. The summed E-state index contributed by atoms with van der Waals surface area (Å²) in [6, 6.07) is 4.59. The molecule has 108 valence electrons. The van der Waals surface area contributed by atoms with Crippen molar-refractivity contribution >= 4 is 17.4 Å². The summed E-state index contributed by atoms with van der Waals surface area (Å²) in [5.41, 5.74) is 6.18. The van der Waals surface area contributed by atoms with Gasteiger partial charge in [0, 0.05) is 0 Å². The Balaban J connectivity index is 2.00. The van der Waals surface area contributed by atoms with E-state index in [0.717, 1.165) is 12.1 Å². The molecule has 2 amide bonds. The van der Waals surface area contributed by atoms with Crippen LogP contribution >= 0.6 is 0 Å². The van der Waals surface area contributed by atoms with E-state index in [4.69, 9.17) is 0 Å². The number of rotatable bonds is 3. The maximum atomic E-state index is 12.0. The SMILES string of the molecule is CC1=NNC(=O)N(Nc2ccc(OC(F)(F)F)cc2)C1. The molecular formula is C11H11F3N4O2. The molecule has 1 aromatic rings. The Labute approximate surface area is 112 Å². The van der Waals surface area contributed by atoms with Crippen molar-refractivity contribution in [3.05, 3.63) is 24.3 Å². The van der Waals surface area contributed by atoms with Gasteiger partial charge in [0.1, 0.15) is 5.75 Å². The maximum Gasteiger partial charge on any atom is 0.573 e. The molecule has 0 aliphatic carbocycles. The summed E-state index contributed by atoms with van der Waals surface area (Å²) in [7, 11) is 0. The summed E-state index contributed by atoms with van der Waals surface area (Å²) in [6.07, 6.45) is -4.73. The van der Waals surface area contributed by atoms with E-state index in [0.29, 0.717) is 11.4 Å². The second-order valence-electron chi connectivity index (χ2n) is 4.03. The fourth-order valence-electron chi connectivity index (χ4n) is 1.52. The second-order valence-corrected chi connectivity index (χ2v) is 4.03. The Morgan fingerprint density at radius 3 is 2.60 bits per heavy atom. The van der Waals surface area contributed by atoms with E-state index in [1.807, 2.05) is 0 Å². The van der Waals surface area contributed by atoms with Crippen LogP contribution in [0, 0.1) is 0 Å². The molecule has 0 spiro atoms. The second kappa shape index (κ2) is 5.27. The third-order valence-electron chi connectivity index (χ3n) is 2.33. The minimum absolute atomic E-state index is 0.270. The highest BCUT2D eigenvalue weighted by Crippen LogP contribution is 2.24. The number of nitrogens with one attached hydrogen (secondary N) is 2. The van der Waals surface area contributed by atoms with Gasteiger partial charge in [0.15, 0.2) is 0 Å². The molecule has 0 atom stereocenters. The lowest BCUT2D eigenvalue weighted by molar-refractivity contribution is -0.274. The number of urea groups is 1. The standard InChI is InChI=1S/C11H11F3N4O2/c1-7-6-18(10(19)16-15-7)17-8-2-4-9(5-3-8)20-11(12,13)14/h2-5,17H,6H2,1H3,(H,16,19). The zero-order chi connectivity index (χ0) is 14.8. The number of alkyl halides is 3. The molecular weight excluding hydrogens is 277 g/mol. The lowest BCUT2D eigenvalue weighted by Gasteiger charge is -2.26. The van der Waals surface area contributed by atoms with Crippen molar-refractivity contribution in [2.75, 3.05) is 12.0 Å². The summed E-state index contributed by atoms with van der Waals surface area (Å²) >= 11 is 0. The van der Waals surface area contributed by atoms with Crippen molar-refractivity contribution in [1.29, 1.82) is 0 Å². The number of ether oxygens (including phenoxy) is 1. The van der Waals surface area contributed by atoms with Crippen LogP contribution in [0.2, 0.25) is 0 Å². The molecule has 0 saturated heterocycles. The average molecular weight is 288 g/mol. The molecule has 0 radical (unpaired) electrons. The van der Waals surface area contributed by atoms with Crippen LogP contribution < -0.4 is 15.6 Å². The van der Waals surface area contributed by atoms with Gasteiger partial charge in [-0.1, -0.05) is 0 Å². The molecule has 1 aliphatic heterocycles. The zero-order valence-corrected chi connectivity index (χ0v) is 10.4. The minimum Gasteiger partial charge on any atom is -0.406 e. The highest BCUT2D eigenvalue weighted by Gasteiger charge is 2.31. The van der Waals surface area contributed by atoms with Crippen LogP contribution in [-0.4, -0.2) is 29.7 Å². The summed E-state index contributed by atoms with van der Waals surface area (Å²) in [4.78, 5) is 11.5. The molecule has 9 heteroatoms. The monoisotopic (exact) mass is 288 g/mol. The highest BCUT2D eigenvalue weighted by atomic mass is 19.4. The van der Waals surface area contributed by atoms with Gasteiger partial charge < -0.3 is 4.74 Å². The Morgan fingerprint density at radius 2 is 2.00 bits per heavy atom. The van der Waals surface area contributed by atoms with Crippen LogP contribution in [0.4, 0.5) is 23.7 Å². The van der Waals surface area contributed by atoms with Gasteiger partial charge in [0.2, 0.25) is 0 Å². The lowest BCUT2D eigenvalue weighted by Crippen LogP contribution is -2.48. The summed E-state index contributed by atoms with van der Waals surface area (Å²) in [5.74, 6) is -0.330. The van der Waals surface area contributed by atoms with Crippen molar-refractivity contribution in [3.8, 4) is 5.75 Å². The van der Waals surface area contributed by atoms with Gasteiger partial charge in [-0.05, 0) is 31.2 Å². The van der Waals surface area contributed by atoms with Crippen LogP contribution in [0.3, 0.4) is 0 Å². The van der Waals surface area contributed by atoms with Crippen molar-refractivity contribution in [3.63, 3.8) is 0 Å². The van der Waals surface area contributed by atoms with E-state index >= 15 is 0 Å². The Bertz CT molecular complexity index is 527. The highest BCUT2D eigenvalue weighted by molar-refractivity contribution is 5.92. The van der Waals surface area contributed by atoms with E-state index in [9.17, 15) is 18.0 Å². The number of hydrazine groups is 1. The lowest BCUT2D eigenvalue weighted by atomic mass is 10.3. The van der Waals surface area contributed by atoms with Crippen LogP contribution in [0.1, 0.15) is 6.92 Å². The van der Waals surface area contributed by atoms with Gasteiger partial charge in [-0.2, -0.15) is 5.10 Å². The molecule has 1 aromatic carbocycles. The van der Waals surface area contributed by atoms with Crippen LogP contribution in [0.15, 0.2) is 29.4 Å². The molecule has 1 heterocycles. The third kappa shape index (κ3) is 3.77. The van der Waals surface area contributed by atoms with Gasteiger partial charge >= 0.3 is 12.4 Å². The van der Waals surface area contributed by atoms with Crippen molar-refractivity contribution in [1.82, 2.24) is 10.4 Å². The quantitative estimate of drug-likeness (QED) is 0.897. The number of nitrogens with zero attached hydrogens (tertiary/aromatic N) is 2. The predicted molar refractivity (Wildman–Crippen MR) is 65.1 cm³/mol. The third-order valence-corrected chi connectivity index (χ3v) is 2.33. The number of amides is 2. The van der Waals surface area contributed by atoms with Crippen LogP contribution in [0.5, 0.6) is 5.75 Å². The van der Waals surface area contributed by atoms with Gasteiger partial charge in [-0.15, -0.1) is 13.2 Å². The first-order valence-electron chi connectivity index (χ1n) is 5.56. The zero-order valence-electron chi connectivity index (χ0n) is 10.4. The number of hydrogen-bond acceptors (Lipinski definition) is 4. The fourth-order valence-corrected chi connectivity index (χ4v) is 1.52. The first-order valence-corrected chi connectivity index (χ1v) is 5.56. The van der Waals surface area contributed by atoms with E-state index < -0.39 is 12.4 Å². The van der Waals surface area contributed by atoms with E-state index in [1.54, 1.807) is 6.92 Å². The number of benzene rings is 1. The number of carbonyl (C=O) groups excluding carboxylic acids is 1. The van der Waals surface area contributed by atoms with Crippen molar-refractivity contribution < 1.29 is 22.7 Å². The fraction of sp³-hybridized carbons (Fsp3) is 0.273. The molecule has 0 bridgehead atoms. The Kier molecular flexibility index (Phi) is 3.68. The smallest absolute Gasteiger partial charge is 0.406 e. The minimum atomic E-state index is -4.73. The van der Waals surface area contributed by atoms with Crippen LogP contribution in [-0.2, 0) is 0 Å². The normalized spacial score (nSPS) is 15.5. The van der Waals surface area contributed by atoms with Crippen molar-refractivity contribution in [2.24, 2.45) is 5.10 Å². The topological polar surface area (TPSA) is 66.0 Å². The first kappa shape index (κ1) is 14.0. The first-order chi connectivity index (χ1) is 9.33. The number of anilines is 1. The molecule has 0 unspecified atom stereocenters. The number of hydrogen-bond donors (Lipinski definition) is 2. The predicted octanol–water partition coefficient (Wildman–Crippen LogP) is 2.31. The molecule has 6 nitrogen and oxygen atoms in total.